The highest BCUT2D eigenvalue weighted by Gasteiger charge is 2.26. The first-order chi connectivity index (χ1) is 10.3. The molecule has 0 aliphatic carbocycles. The molecule has 0 amide bonds. The third-order valence-corrected chi connectivity index (χ3v) is 4.70. The van der Waals surface area contributed by atoms with Crippen LogP contribution >= 0.6 is 11.3 Å². The van der Waals surface area contributed by atoms with Crippen molar-refractivity contribution in [3.63, 3.8) is 0 Å². The summed E-state index contributed by atoms with van der Waals surface area (Å²) in [5.41, 5.74) is 6.02. The topological polar surface area (TPSA) is 34.4 Å². The zero-order valence-electron chi connectivity index (χ0n) is 13.6. The summed E-state index contributed by atoms with van der Waals surface area (Å²) in [6, 6.07) is 6.40. The molecule has 114 valence electrons. The first-order valence-electron chi connectivity index (χ1n) is 7.36. The number of carbonyl (C=O) groups excluding carboxylic acids is 1. The molecule has 0 aliphatic rings. The van der Waals surface area contributed by atoms with Gasteiger partial charge in [0, 0.05) is 16.4 Å². The average Bonchev–Trinajstić information content (AvgIpc) is 2.97. The van der Waals surface area contributed by atoms with Crippen LogP contribution in [0.1, 0.15) is 48.1 Å². The predicted molar refractivity (Wildman–Crippen MR) is 92.1 cm³/mol. The van der Waals surface area contributed by atoms with Gasteiger partial charge in [0.2, 0.25) is 0 Å². The van der Waals surface area contributed by atoms with Gasteiger partial charge in [0.15, 0.2) is 11.2 Å². The van der Waals surface area contributed by atoms with Crippen molar-refractivity contribution < 1.29 is 4.79 Å². The fourth-order valence-electron chi connectivity index (χ4n) is 2.83. The number of thiazole rings is 1. The minimum absolute atomic E-state index is 0.151. The molecule has 0 unspecified atom stereocenters. The second-order valence-corrected chi connectivity index (χ2v) is 7.61. The van der Waals surface area contributed by atoms with E-state index in [0.29, 0.717) is 5.69 Å². The molecule has 22 heavy (non-hydrogen) atoms. The zero-order chi connectivity index (χ0) is 16.1. The fourth-order valence-corrected chi connectivity index (χ4v) is 3.73. The molecule has 0 atom stereocenters. The van der Waals surface area contributed by atoms with Gasteiger partial charge < -0.3 is 0 Å². The Kier molecular flexibility index (Phi) is 3.44. The molecule has 0 spiro atoms. The highest BCUT2D eigenvalue weighted by Crippen LogP contribution is 2.34. The Balaban J connectivity index is 2.32. The number of nitrogens with zero attached hydrogens (tertiary/aromatic N) is 2. The highest BCUT2D eigenvalue weighted by molar-refractivity contribution is 7.15. The molecule has 0 bridgehead atoms. The molecule has 0 radical (unpaired) electrons. The molecular formula is C18H20N2OS. The Morgan fingerprint density at radius 2 is 1.95 bits per heavy atom. The molecule has 0 N–H and O–H groups in total. The molecule has 2 heterocycles. The number of aryl methyl sites for hydroxylation is 2. The number of aldehydes is 1. The maximum Gasteiger partial charge on any atom is 0.195 e. The summed E-state index contributed by atoms with van der Waals surface area (Å²) in [5.74, 6) is 0. The summed E-state index contributed by atoms with van der Waals surface area (Å²) in [6.45, 7) is 10.5. The lowest BCUT2D eigenvalue weighted by Crippen LogP contribution is -2.14. The quantitative estimate of drug-likeness (QED) is 0.638. The first-order valence-corrected chi connectivity index (χ1v) is 8.24. The SMILES string of the molecule is Cc1ccc(-c2csc3nc(C(C)(C)C)c(C=O)n23)c(C)c1. The van der Waals surface area contributed by atoms with Gasteiger partial charge >= 0.3 is 0 Å². The molecule has 3 rings (SSSR count). The van der Waals surface area contributed by atoms with E-state index in [-0.39, 0.29) is 5.41 Å². The van der Waals surface area contributed by atoms with Crippen LogP contribution in [0.25, 0.3) is 16.2 Å². The largest absolute Gasteiger partial charge is 0.296 e. The van der Waals surface area contributed by atoms with Crippen molar-refractivity contribution in [2.75, 3.05) is 0 Å². The lowest BCUT2D eigenvalue weighted by molar-refractivity contribution is 0.111. The fraction of sp³-hybridized carbons (Fsp3) is 0.333. The second kappa shape index (κ2) is 5.06. The lowest BCUT2D eigenvalue weighted by atomic mass is 9.91. The van der Waals surface area contributed by atoms with Gasteiger partial charge in [-0.1, -0.05) is 44.5 Å². The number of rotatable bonds is 2. The molecule has 3 nitrogen and oxygen atoms in total. The molecule has 4 heteroatoms. The standard InChI is InChI=1S/C18H20N2OS/c1-11-6-7-13(12(2)8-11)15-10-22-17-19-16(18(3,4)5)14(9-21)20(15)17/h6-10H,1-5H3. The number of benzene rings is 1. The van der Waals surface area contributed by atoms with E-state index in [0.717, 1.165) is 28.2 Å². The van der Waals surface area contributed by atoms with Crippen LogP contribution in [0.3, 0.4) is 0 Å². The Bertz CT molecular complexity index is 865. The monoisotopic (exact) mass is 312 g/mol. The maximum atomic E-state index is 11.7. The second-order valence-electron chi connectivity index (χ2n) is 6.77. The average molecular weight is 312 g/mol. The summed E-state index contributed by atoms with van der Waals surface area (Å²) < 4.78 is 2.00. The summed E-state index contributed by atoms with van der Waals surface area (Å²) >= 11 is 1.58. The summed E-state index contributed by atoms with van der Waals surface area (Å²) in [4.78, 5) is 17.3. The van der Waals surface area contributed by atoms with Crippen LogP contribution in [0.2, 0.25) is 0 Å². The van der Waals surface area contributed by atoms with Gasteiger partial charge in [-0.25, -0.2) is 4.98 Å². The van der Waals surface area contributed by atoms with Crippen LogP contribution in [-0.2, 0) is 5.41 Å². The maximum absolute atomic E-state index is 11.7. The van der Waals surface area contributed by atoms with Crippen LogP contribution in [0.4, 0.5) is 0 Å². The van der Waals surface area contributed by atoms with Gasteiger partial charge in [-0.2, -0.15) is 0 Å². The minimum atomic E-state index is -0.151. The highest BCUT2D eigenvalue weighted by atomic mass is 32.1. The van der Waals surface area contributed by atoms with E-state index in [2.05, 4.69) is 58.2 Å². The molecular weight excluding hydrogens is 292 g/mol. The molecule has 0 fully saturated rings. The molecule has 0 saturated heterocycles. The molecule has 1 aromatic carbocycles. The van der Waals surface area contributed by atoms with Gasteiger partial charge in [0.25, 0.3) is 0 Å². The number of aromatic nitrogens is 2. The van der Waals surface area contributed by atoms with E-state index < -0.39 is 0 Å². The van der Waals surface area contributed by atoms with E-state index in [9.17, 15) is 4.79 Å². The smallest absolute Gasteiger partial charge is 0.195 e. The number of hydrogen-bond acceptors (Lipinski definition) is 3. The van der Waals surface area contributed by atoms with Crippen molar-refractivity contribution in [2.45, 2.75) is 40.0 Å². The van der Waals surface area contributed by atoms with Crippen molar-refractivity contribution >= 4 is 22.6 Å². The Hall–Kier alpha value is -1.94. The normalized spacial score (nSPS) is 12.0. The first kappa shape index (κ1) is 15.0. The van der Waals surface area contributed by atoms with Gasteiger partial charge in [0.1, 0.15) is 5.69 Å². The van der Waals surface area contributed by atoms with Crippen LogP contribution in [0.5, 0.6) is 0 Å². The van der Waals surface area contributed by atoms with E-state index in [1.807, 2.05) is 4.40 Å². The van der Waals surface area contributed by atoms with Crippen LogP contribution in [0.15, 0.2) is 23.6 Å². The number of imidazole rings is 1. The summed E-state index contributed by atoms with van der Waals surface area (Å²) in [6.07, 6.45) is 0.931. The lowest BCUT2D eigenvalue weighted by Gasteiger charge is -2.16. The van der Waals surface area contributed by atoms with Crippen LogP contribution in [-0.4, -0.2) is 15.7 Å². The minimum Gasteiger partial charge on any atom is -0.296 e. The van der Waals surface area contributed by atoms with Gasteiger partial charge in [-0.15, -0.1) is 11.3 Å². The van der Waals surface area contributed by atoms with E-state index in [1.165, 1.54) is 11.1 Å². The molecule has 3 aromatic rings. The number of fused-ring (bicyclic) bond motifs is 1. The van der Waals surface area contributed by atoms with Crippen molar-refractivity contribution in [1.82, 2.24) is 9.38 Å². The molecule has 0 aliphatic heterocycles. The number of carbonyl (C=O) groups is 1. The summed E-state index contributed by atoms with van der Waals surface area (Å²) in [7, 11) is 0. The van der Waals surface area contributed by atoms with Gasteiger partial charge in [0.05, 0.1) is 11.4 Å². The Morgan fingerprint density at radius 3 is 2.55 bits per heavy atom. The van der Waals surface area contributed by atoms with E-state index in [4.69, 9.17) is 4.98 Å². The zero-order valence-corrected chi connectivity index (χ0v) is 14.4. The Labute approximate surface area is 134 Å². The third-order valence-electron chi connectivity index (χ3n) is 3.88. The van der Waals surface area contributed by atoms with Gasteiger partial charge in [-0.3, -0.25) is 9.20 Å². The van der Waals surface area contributed by atoms with Crippen molar-refractivity contribution in [1.29, 1.82) is 0 Å². The predicted octanol–water partition coefficient (Wildman–Crippen LogP) is 4.79. The third kappa shape index (κ3) is 2.28. The molecule has 2 aromatic heterocycles. The summed E-state index contributed by atoms with van der Waals surface area (Å²) in [5, 5.41) is 2.08. The van der Waals surface area contributed by atoms with Gasteiger partial charge in [-0.05, 0) is 19.4 Å². The van der Waals surface area contributed by atoms with Crippen LogP contribution < -0.4 is 0 Å². The van der Waals surface area contributed by atoms with Crippen molar-refractivity contribution in [3.05, 3.63) is 46.1 Å². The van der Waals surface area contributed by atoms with Crippen molar-refractivity contribution in [2.24, 2.45) is 0 Å². The van der Waals surface area contributed by atoms with Crippen molar-refractivity contribution in [3.8, 4) is 11.3 Å². The van der Waals surface area contributed by atoms with E-state index >= 15 is 0 Å². The Morgan fingerprint density at radius 1 is 1.23 bits per heavy atom. The van der Waals surface area contributed by atoms with Crippen LogP contribution in [0, 0.1) is 13.8 Å². The number of hydrogen-bond donors (Lipinski definition) is 0. The van der Waals surface area contributed by atoms with E-state index in [1.54, 1.807) is 11.3 Å². The molecule has 0 saturated carbocycles.